The minimum Gasteiger partial charge on any atom is -0.369 e. The van der Waals surface area contributed by atoms with Gasteiger partial charge in [0.2, 0.25) is 0 Å². The first-order valence-electron chi connectivity index (χ1n) is 7.35. The zero-order chi connectivity index (χ0) is 14.7. The molecule has 2 aromatic carbocycles. The number of carbonyl (C=O) groups excluding carboxylic acids is 1. The molecule has 0 spiro atoms. The number of rotatable bonds is 3. The Hall–Kier alpha value is -2.13. The molecule has 0 atom stereocenters. The van der Waals surface area contributed by atoms with Gasteiger partial charge in [-0.25, -0.2) is 0 Å². The van der Waals surface area contributed by atoms with Gasteiger partial charge in [0.1, 0.15) is 6.29 Å². The van der Waals surface area contributed by atoms with Gasteiger partial charge in [0.15, 0.2) is 0 Å². The van der Waals surface area contributed by atoms with Crippen LogP contribution >= 0.6 is 0 Å². The molecular weight excluding hydrogens is 260 g/mol. The predicted molar refractivity (Wildman–Crippen MR) is 87.0 cm³/mol. The van der Waals surface area contributed by atoms with Gasteiger partial charge in [-0.15, -0.1) is 0 Å². The molecular formula is C18H20N2O. The van der Waals surface area contributed by atoms with Crippen LogP contribution in [0, 0.1) is 0 Å². The Balaban J connectivity index is 1.75. The molecule has 21 heavy (non-hydrogen) atoms. The third-order valence-electron chi connectivity index (χ3n) is 4.12. The van der Waals surface area contributed by atoms with Crippen molar-refractivity contribution in [2.24, 2.45) is 0 Å². The van der Waals surface area contributed by atoms with Gasteiger partial charge in [-0.3, -0.25) is 4.79 Å². The lowest BCUT2D eigenvalue weighted by Crippen LogP contribution is -2.44. The highest BCUT2D eigenvalue weighted by Gasteiger charge is 2.13. The van der Waals surface area contributed by atoms with E-state index in [0.29, 0.717) is 5.56 Å². The van der Waals surface area contributed by atoms with Crippen molar-refractivity contribution >= 4 is 12.0 Å². The maximum Gasteiger partial charge on any atom is 0.150 e. The fourth-order valence-electron chi connectivity index (χ4n) is 2.68. The van der Waals surface area contributed by atoms with Gasteiger partial charge in [-0.1, -0.05) is 36.4 Å². The topological polar surface area (TPSA) is 23.6 Å². The van der Waals surface area contributed by atoms with Gasteiger partial charge in [-0.05, 0) is 30.3 Å². The van der Waals surface area contributed by atoms with Gasteiger partial charge in [0.05, 0.1) is 0 Å². The van der Waals surface area contributed by atoms with Crippen molar-refractivity contribution < 1.29 is 4.79 Å². The van der Waals surface area contributed by atoms with E-state index in [9.17, 15) is 4.79 Å². The molecule has 1 heterocycles. The summed E-state index contributed by atoms with van der Waals surface area (Å²) in [6, 6.07) is 16.4. The van der Waals surface area contributed by atoms with Crippen LogP contribution in [0.15, 0.2) is 48.5 Å². The number of hydrogen-bond acceptors (Lipinski definition) is 3. The fourth-order valence-corrected chi connectivity index (χ4v) is 2.68. The van der Waals surface area contributed by atoms with Crippen LogP contribution < -0.4 is 4.90 Å². The average Bonchev–Trinajstić information content (AvgIpc) is 2.56. The van der Waals surface area contributed by atoms with Crippen LogP contribution in [0.2, 0.25) is 0 Å². The van der Waals surface area contributed by atoms with Crippen LogP contribution in [-0.2, 0) is 0 Å². The maximum atomic E-state index is 10.7. The molecule has 0 radical (unpaired) electrons. The van der Waals surface area contributed by atoms with Crippen LogP contribution in [-0.4, -0.2) is 44.4 Å². The van der Waals surface area contributed by atoms with E-state index >= 15 is 0 Å². The molecule has 0 unspecified atom stereocenters. The number of piperazine rings is 1. The SMILES string of the molecule is CN1CCN(c2ccc(-c3ccc(C=O)cc3)cc2)CC1. The van der Waals surface area contributed by atoms with Crippen LogP contribution in [0.3, 0.4) is 0 Å². The summed E-state index contributed by atoms with van der Waals surface area (Å²) in [5.74, 6) is 0. The first kappa shape index (κ1) is 13.8. The van der Waals surface area contributed by atoms with Crippen molar-refractivity contribution in [1.82, 2.24) is 4.90 Å². The number of likely N-dealkylation sites (N-methyl/N-ethyl adjacent to an activating group) is 1. The standard InChI is InChI=1S/C18H20N2O/c1-19-10-12-20(13-11-19)18-8-6-17(7-9-18)16-4-2-15(14-21)3-5-16/h2-9,14H,10-13H2,1H3. The van der Waals surface area contributed by atoms with Gasteiger partial charge < -0.3 is 9.80 Å². The maximum absolute atomic E-state index is 10.7. The molecule has 3 rings (SSSR count). The van der Waals surface area contributed by atoms with Crippen molar-refractivity contribution in [2.75, 3.05) is 38.1 Å². The molecule has 2 aromatic rings. The number of aldehydes is 1. The van der Waals surface area contributed by atoms with Crippen molar-refractivity contribution in [2.45, 2.75) is 0 Å². The molecule has 1 saturated heterocycles. The smallest absolute Gasteiger partial charge is 0.150 e. The Labute approximate surface area is 125 Å². The molecule has 0 bridgehead atoms. The zero-order valence-corrected chi connectivity index (χ0v) is 12.3. The second-order valence-electron chi connectivity index (χ2n) is 5.58. The zero-order valence-electron chi connectivity index (χ0n) is 12.3. The highest BCUT2D eigenvalue weighted by Crippen LogP contribution is 2.24. The molecule has 0 aliphatic carbocycles. The summed E-state index contributed by atoms with van der Waals surface area (Å²) in [5.41, 5.74) is 4.33. The minimum absolute atomic E-state index is 0.716. The van der Waals surface area contributed by atoms with Crippen molar-refractivity contribution in [3.8, 4) is 11.1 Å². The van der Waals surface area contributed by atoms with Crippen molar-refractivity contribution in [3.05, 3.63) is 54.1 Å². The van der Waals surface area contributed by atoms with Crippen LogP contribution in [0.4, 0.5) is 5.69 Å². The normalized spacial score (nSPS) is 16.0. The molecule has 0 saturated carbocycles. The summed E-state index contributed by atoms with van der Waals surface area (Å²) in [6.07, 6.45) is 0.875. The predicted octanol–water partition coefficient (Wildman–Crippen LogP) is 2.92. The van der Waals surface area contributed by atoms with Gasteiger partial charge in [0.25, 0.3) is 0 Å². The van der Waals surface area contributed by atoms with Crippen molar-refractivity contribution in [1.29, 1.82) is 0 Å². The van der Waals surface area contributed by atoms with E-state index in [0.717, 1.165) is 38.0 Å². The van der Waals surface area contributed by atoms with Crippen molar-refractivity contribution in [3.63, 3.8) is 0 Å². The van der Waals surface area contributed by atoms with Crippen LogP contribution in [0.1, 0.15) is 10.4 Å². The third kappa shape index (κ3) is 3.14. The molecule has 3 nitrogen and oxygen atoms in total. The van der Waals surface area contributed by atoms with E-state index in [1.165, 1.54) is 11.3 Å². The summed E-state index contributed by atoms with van der Waals surface area (Å²) in [7, 11) is 2.17. The molecule has 1 aliphatic rings. The molecule has 3 heteroatoms. The fraction of sp³-hybridized carbons (Fsp3) is 0.278. The summed E-state index contributed by atoms with van der Waals surface area (Å²) in [5, 5.41) is 0. The van der Waals surface area contributed by atoms with Gasteiger partial charge >= 0.3 is 0 Å². The summed E-state index contributed by atoms with van der Waals surface area (Å²) in [6.45, 7) is 4.41. The van der Waals surface area contributed by atoms with E-state index in [1.807, 2.05) is 24.3 Å². The van der Waals surface area contributed by atoms with E-state index < -0.39 is 0 Å². The highest BCUT2D eigenvalue weighted by molar-refractivity contribution is 5.77. The molecule has 0 N–H and O–H groups in total. The molecule has 0 aromatic heterocycles. The second-order valence-corrected chi connectivity index (χ2v) is 5.58. The van der Waals surface area contributed by atoms with E-state index in [-0.39, 0.29) is 0 Å². The lowest BCUT2D eigenvalue weighted by molar-refractivity contribution is 0.112. The van der Waals surface area contributed by atoms with E-state index in [1.54, 1.807) is 0 Å². The Morgan fingerprint density at radius 3 is 1.86 bits per heavy atom. The first-order valence-corrected chi connectivity index (χ1v) is 7.35. The molecule has 1 aliphatic heterocycles. The number of carbonyl (C=O) groups is 1. The first-order chi connectivity index (χ1) is 10.3. The molecule has 1 fully saturated rings. The lowest BCUT2D eigenvalue weighted by atomic mass is 10.0. The average molecular weight is 280 g/mol. The quantitative estimate of drug-likeness (QED) is 0.808. The van der Waals surface area contributed by atoms with Crippen LogP contribution in [0.5, 0.6) is 0 Å². The summed E-state index contributed by atoms with van der Waals surface area (Å²) >= 11 is 0. The Kier molecular flexibility index (Phi) is 4.02. The largest absolute Gasteiger partial charge is 0.369 e. The third-order valence-corrected chi connectivity index (χ3v) is 4.12. The Morgan fingerprint density at radius 2 is 1.33 bits per heavy atom. The molecule has 108 valence electrons. The number of anilines is 1. The summed E-state index contributed by atoms with van der Waals surface area (Å²) < 4.78 is 0. The van der Waals surface area contributed by atoms with Gasteiger partial charge in [0, 0.05) is 37.4 Å². The van der Waals surface area contributed by atoms with E-state index in [4.69, 9.17) is 0 Å². The minimum atomic E-state index is 0.716. The van der Waals surface area contributed by atoms with E-state index in [2.05, 4.69) is 41.1 Å². The van der Waals surface area contributed by atoms with Gasteiger partial charge in [-0.2, -0.15) is 0 Å². The number of benzene rings is 2. The second kappa shape index (κ2) is 6.10. The number of hydrogen-bond donors (Lipinski definition) is 0. The monoisotopic (exact) mass is 280 g/mol. The Morgan fingerprint density at radius 1 is 0.810 bits per heavy atom. The molecule has 0 amide bonds. The number of nitrogens with zero attached hydrogens (tertiary/aromatic N) is 2. The highest BCUT2D eigenvalue weighted by atomic mass is 16.1. The van der Waals surface area contributed by atoms with Crippen LogP contribution in [0.25, 0.3) is 11.1 Å². The summed E-state index contributed by atoms with van der Waals surface area (Å²) in [4.78, 5) is 15.5. The lowest BCUT2D eigenvalue weighted by Gasteiger charge is -2.34. The Bertz CT molecular complexity index is 596.